The number of benzene rings is 1. The molecule has 20 heavy (non-hydrogen) atoms. The van der Waals surface area contributed by atoms with E-state index in [0.29, 0.717) is 19.0 Å². The summed E-state index contributed by atoms with van der Waals surface area (Å²) in [5, 5.41) is 8.83. The molecule has 0 atom stereocenters. The summed E-state index contributed by atoms with van der Waals surface area (Å²) in [5.41, 5.74) is 2.48. The summed E-state index contributed by atoms with van der Waals surface area (Å²) in [6, 6.07) is 14.5. The van der Waals surface area contributed by atoms with Crippen LogP contribution in [0, 0.1) is 0 Å². The van der Waals surface area contributed by atoms with E-state index in [1.54, 1.807) is 0 Å². The van der Waals surface area contributed by atoms with Crippen LogP contribution < -0.4 is 4.57 Å². The predicted molar refractivity (Wildman–Crippen MR) is 74.5 cm³/mol. The van der Waals surface area contributed by atoms with Gasteiger partial charge in [-0.25, -0.2) is 9.36 Å². The van der Waals surface area contributed by atoms with Gasteiger partial charge in [-0.2, -0.15) is 0 Å². The highest BCUT2D eigenvalue weighted by Gasteiger charge is 2.31. The zero-order chi connectivity index (χ0) is 13.9. The highest BCUT2D eigenvalue weighted by atomic mass is 16.4. The van der Waals surface area contributed by atoms with Crippen LogP contribution in [-0.4, -0.2) is 29.2 Å². The van der Waals surface area contributed by atoms with Crippen LogP contribution in [0.2, 0.25) is 0 Å². The molecule has 0 bridgehead atoms. The van der Waals surface area contributed by atoms with Crippen molar-refractivity contribution < 1.29 is 14.5 Å². The normalized spacial score (nSPS) is 14.9. The molecule has 4 nitrogen and oxygen atoms in total. The minimum absolute atomic E-state index is 0.345. The fourth-order valence-corrected chi connectivity index (χ4v) is 2.49. The van der Waals surface area contributed by atoms with Crippen LogP contribution in [0.4, 0.5) is 4.79 Å². The lowest BCUT2D eigenvalue weighted by molar-refractivity contribution is -0.688. The molecule has 0 unspecified atom stereocenters. The molecule has 1 N–H and O–H groups in total. The third-order valence-electron chi connectivity index (χ3n) is 3.75. The molecule has 1 aliphatic heterocycles. The Labute approximate surface area is 117 Å². The fraction of sp³-hybridized carbons (Fsp3) is 0.250. The molecule has 0 radical (unpaired) electrons. The highest BCUT2D eigenvalue weighted by molar-refractivity contribution is 5.66. The van der Waals surface area contributed by atoms with Crippen molar-refractivity contribution in [2.45, 2.75) is 12.5 Å². The number of hydrogen-bond donors (Lipinski definition) is 1. The quantitative estimate of drug-likeness (QED) is 0.867. The van der Waals surface area contributed by atoms with E-state index in [1.165, 1.54) is 16.0 Å². The van der Waals surface area contributed by atoms with E-state index in [4.69, 9.17) is 5.11 Å². The molecule has 1 fully saturated rings. The van der Waals surface area contributed by atoms with Gasteiger partial charge in [-0.15, -0.1) is 0 Å². The van der Waals surface area contributed by atoms with Crippen molar-refractivity contribution in [2.24, 2.45) is 0 Å². The smallest absolute Gasteiger partial charge is 0.407 e. The summed E-state index contributed by atoms with van der Waals surface area (Å²) in [6.45, 7) is 2.07. The van der Waals surface area contributed by atoms with Crippen LogP contribution in [0.15, 0.2) is 54.9 Å². The average Bonchev–Trinajstić information content (AvgIpc) is 2.40. The number of carbonyl (C=O) groups is 1. The van der Waals surface area contributed by atoms with Crippen molar-refractivity contribution >= 4 is 6.09 Å². The molecule has 2 aromatic rings. The van der Waals surface area contributed by atoms with Crippen LogP contribution in [0.5, 0.6) is 0 Å². The molecule has 0 spiro atoms. The molecule has 0 saturated carbocycles. The van der Waals surface area contributed by atoms with Gasteiger partial charge in [0.2, 0.25) is 0 Å². The molecule has 1 aromatic heterocycles. The zero-order valence-corrected chi connectivity index (χ0v) is 11.1. The third kappa shape index (κ3) is 2.64. The van der Waals surface area contributed by atoms with E-state index in [1.807, 2.05) is 18.2 Å². The van der Waals surface area contributed by atoms with Gasteiger partial charge < -0.3 is 10.0 Å². The molecule has 4 heteroatoms. The van der Waals surface area contributed by atoms with Gasteiger partial charge in [0.05, 0.1) is 0 Å². The van der Waals surface area contributed by atoms with E-state index < -0.39 is 6.09 Å². The van der Waals surface area contributed by atoms with Crippen LogP contribution >= 0.6 is 0 Å². The maximum absolute atomic E-state index is 10.7. The van der Waals surface area contributed by atoms with E-state index in [2.05, 4.69) is 41.2 Å². The van der Waals surface area contributed by atoms with Crippen molar-refractivity contribution in [3.05, 3.63) is 66.0 Å². The minimum atomic E-state index is -0.823. The molecule has 3 rings (SSSR count). The van der Waals surface area contributed by atoms with Gasteiger partial charge >= 0.3 is 6.09 Å². The Balaban J connectivity index is 1.62. The molecule has 102 valence electrons. The predicted octanol–water partition coefficient (Wildman–Crippen LogP) is 2.10. The maximum atomic E-state index is 10.7. The number of hydrogen-bond acceptors (Lipinski definition) is 1. The lowest BCUT2D eigenvalue weighted by atomic mass is 9.93. The minimum Gasteiger partial charge on any atom is -0.465 e. The molecule has 1 amide bonds. The summed E-state index contributed by atoms with van der Waals surface area (Å²) in [7, 11) is 0. The lowest BCUT2D eigenvalue weighted by Crippen LogP contribution is -2.48. The van der Waals surface area contributed by atoms with Crippen molar-refractivity contribution in [2.75, 3.05) is 13.1 Å². The Morgan fingerprint density at radius 1 is 1.15 bits per heavy atom. The Morgan fingerprint density at radius 3 is 2.40 bits per heavy atom. The first-order valence-electron chi connectivity index (χ1n) is 6.73. The van der Waals surface area contributed by atoms with E-state index in [0.717, 1.165) is 6.54 Å². The van der Waals surface area contributed by atoms with Crippen LogP contribution in [0.3, 0.4) is 0 Å². The molecular formula is C16H17N2O2+. The first-order valence-corrected chi connectivity index (χ1v) is 6.73. The van der Waals surface area contributed by atoms with Gasteiger partial charge in [0, 0.05) is 36.7 Å². The number of rotatable bonds is 3. The fourth-order valence-electron chi connectivity index (χ4n) is 2.49. The van der Waals surface area contributed by atoms with E-state index in [9.17, 15) is 4.79 Å². The van der Waals surface area contributed by atoms with Gasteiger partial charge in [-0.1, -0.05) is 30.3 Å². The highest BCUT2D eigenvalue weighted by Crippen LogP contribution is 2.25. The topological polar surface area (TPSA) is 44.4 Å². The zero-order valence-electron chi connectivity index (χ0n) is 11.1. The Morgan fingerprint density at radius 2 is 1.80 bits per heavy atom. The molecule has 1 aromatic carbocycles. The van der Waals surface area contributed by atoms with Crippen molar-refractivity contribution in [3.8, 4) is 0 Å². The summed E-state index contributed by atoms with van der Waals surface area (Å²) >= 11 is 0. The van der Waals surface area contributed by atoms with E-state index in [-0.39, 0.29) is 0 Å². The second-order valence-corrected chi connectivity index (χ2v) is 5.17. The van der Waals surface area contributed by atoms with Gasteiger partial charge in [-0.3, -0.25) is 0 Å². The average molecular weight is 269 g/mol. The lowest BCUT2D eigenvalue weighted by Gasteiger charge is -2.37. The largest absolute Gasteiger partial charge is 0.465 e. The molecule has 1 aliphatic rings. The molecule has 2 heterocycles. The SMILES string of the molecule is O=C(O)N1CC(c2cc[n+](Cc3ccccc3)cc2)C1. The van der Waals surface area contributed by atoms with Crippen molar-refractivity contribution in [1.29, 1.82) is 0 Å². The van der Waals surface area contributed by atoms with Gasteiger partial charge in [0.1, 0.15) is 0 Å². The van der Waals surface area contributed by atoms with Gasteiger partial charge in [-0.05, 0) is 5.56 Å². The number of likely N-dealkylation sites (tertiary alicyclic amines) is 1. The first kappa shape index (κ1) is 12.7. The molecule has 0 aliphatic carbocycles. The van der Waals surface area contributed by atoms with Crippen molar-refractivity contribution in [3.63, 3.8) is 0 Å². The third-order valence-corrected chi connectivity index (χ3v) is 3.75. The summed E-state index contributed by atoms with van der Waals surface area (Å²) in [6.07, 6.45) is 3.30. The van der Waals surface area contributed by atoms with Crippen LogP contribution in [0.25, 0.3) is 0 Å². The number of carboxylic acid groups (broad SMARTS) is 1. The number of pyridine rings is 1. The first-order chi connectivity index (χ1) is 9.72. The Bertz CT molecular complexity index is 590. The number of aromatic nitrogens is 1. The Hall–Kier alpha value is -2.36. The van der Waals surface area contributed by atoms with E-state index >= 15 is 0 Å². The second kappa shape index (κ2) is 5.33. The van der Waals surface area contributed by atoms with Crippen molar-refractivity contribution in [1.82, 2.24) is 4.90 Å². The molecular weight excluding hydrogens is 252 g/mol. The Kier molecular flexibility index (Phi) is 3.37. The number of amides is 1. The second-order valence-electron chi connectivity index (χ2n) is 5.17. The molecule has 1 saturated heterocycles. The summed E-state index contributed by atoms with van der Waals surface area (Å²) in [5.74, 6) is 0.345. The number of nitrogens with zero attached hydrogens (tertiary/aromatic N) is 2. The van der Waals surface area contributed by atoms with Crippen LogP contribution in [-0.2, 0) is 6.54 Å². The summed E-state index contributed by atoms with van der Waals surface area (Å²) < 4.78 is 2.13. The monoisotopic (exact) mass is 269 g/mol. The maximum Gasteiger partial charge on any atom is 0.407 e. The van der Waals surface area contributed by atoms with Gasteiger partial charge in [0.25, 0.3) is 0 Å². The standard InChI is InChI=1S/C16H16N2O2/c19-16(20)18-11-15(12-18)14-6-8-17(9-7-14)10-13-4-2-1-3-5-13/h1-9,15H,10-12H2/p+1. The summed E-state index contributed by atoms with van der Waals surface area (Å²) in [4.78, 5) is 12.2. The van der Waals surface area contributed by atoms with Gasteiger partial charge in [0.15, 0.2) is 18.9 Å². The van der Waals surface area contributed by atoms with Crippen LogP contribution in [0.1, 0.15) is 17.0 Å².